The molecule has 1 aliphatic heterocycles. The van der Waals surface area contributed by atoms with E-state index in [-0.39, 0.29) is 29.9 Å². The molecule has 0 saturated heterocycles. The van der Waals surface area contributed by atoms with E-state index in [0.29, 0.717) is 40.4 Å². The number of hydrogen-bond acceptors (Lipinski definition) is 7. The van der Waals surface area contributed by atoms with Crippen molar-refractivity contribution in [3.63, 3.8) is 0 Å². The molecule has 1 N–H and O–H groups in total. The summed E-state index contributed by atoms with van der Waals surface area (Å²) >= 11 is 1.39. The third-order valence-corrected chi connectivity index (χ3v) is 8.06. The molecule has 0 spiro atoms. The lowest BCUT2D eigenvalue weighted by Gasteiger charge is -2.31. The maximum Gasteiger partial charge on any atom is 0.246 e. The molecule has 2 atom stereocenters. The standard InChI is InChI=1S/C30H28F2N6O3S/c1-5-25(40)37-12-16(2)38-20(14-37)10-23(35-38)29-27(26-22(32)8-19(31)9-24(26)41-15-17(3)39)30-21(6-7-42-30)28(34-29)18-11-33-36(4)13-18/h5-11,13,16-17,39H,1,12,14-15H2,2-4H3. The molecule has 216 valence electrons. The molecule has 1 aromatic carbocycles. The highest BCUT2D eigenvalue weighted by atomic mass is 32.1. The molecule has 42 heavy (non-hydrogen) atoms. The summed E-state index contributed by atoms with van der Waals surface area (Å²) < 4.78 is 40.3. The lowest BCUT2D eigenvalue weighted by atomic mass is 9.97. The molecule has 0 radical (unpaired) electrons. The van der Waals surface area contributed by atoms with Gasteiger partial charge in [-0.1, -0.05) is 6.58 Å². The zero-order chi connectivity index (χ0) is 29.7. The van der Waals surface area contributed by atoms with Crippen LogP contribution in [0.15, 0.2) is 54.7 Å². The molecule has 5 aromatic rings. The maximum absolute atomic E-state index is 15.8. The summed E-state index contributed by atoms with van der Waals surface area (Å²) in [6, 6.07) is 5.53. The lowest BCUT2D eigenvalue weighted by molar-refractivity contribution is -0.127. The van der Waals surface area contributed by atoms with Crippen molar-refractivity contribution >= 4 is 27.3 Å². The van der Waals surface area contributed by atoms with Crippen LogP contribution < -0.4 is 4.74 Å². The summed E-state index contributed by atoms with van der Waals surface area (Å²) in [6.07, 6.45) is 3.98. The van der Waals surface area contributed by atoms with Crippen LogP contribution in [0.3, 0.4) is 0 Å². The first-order valence-corrected chi connectivity index (χ1v) is 14.2. The van der Waals surface area contributed by atoms with Crippen molar-refractivity contribution in [1.29, 1.82) is 0 Å². The Morgan fingerprint density at radius 3 is 2.81 bits per heavy atom. The van der Waals surface area contributed by atoms with Gasteiger partial charge in [0.2, 0.25) is 5.91 Å². The molecule has 0 saturated carbocycles. The quantitative estimate of drug-likeness (QED) is 0.257. The molecular formula is C30H28F2N6O3S. The second-order valence-corrected chi connectivity index (χ2v) is 11.3. The predicted molar refractivity (Wildman–Crippen MR) is 156 cm³/mol. The van der Waals surface area contributed by atoms with Crippen LogP contribution in [0.2, 0.25) is 0 Å². The van der Waals surface area contributed by atoms with Gasteiger partial charge in [0.25, 0.3) is 0 Å². The Kier molecular flexibility index (Phi) is 7.11. The molecule has 6 rings (SSSR count). The van der Waals surface area contributed by atoms with Crippen LogP contribution in [0.4, 0.5) is 8.78 Å². The van der Waals surface area contributed by atoms with Crippen LogP contribution in [-0.2, 0) is 18.4 Å². The second-order valence-electron chi connectivity index (χ2n) is 10.4. The first-order chi connectivity index (χ1) is 20.1. The number of aliphatic hydroxyl groups excluding tert-OH is 1. The molecule has 0 bridgehead atoms. The van der Waals surface area contributed by atoms with Crippen molar-refractivity contribution in [2.45, 2.75) is 32.5 Å². The zero-order valence-electron chi connectivity index (χ0n) is 23.2. The Labute approximate surface area is 244 Å². The van der Waals surface area contributed by atoms with E-state index in [9.17, 15) is 14.3 Å². The molecule has 12 heteroatoms. The number of aliphatic hydroxyl groups is 1. The van der Waals surface area contributed by atoms with Crippen LogP contribution >= 0.6 is 11.3 Å². The van der Waals surface area contributed by atoms with Crippen molar-refractivity contribution in [2.24, 2.45) is 7.05 Å². The fraction of sp³-hybridized carbons (Fsp3) is 0.267. The van der Waals surface area contributed by atoms with Gasteiger partial charge in [-0.2, -0.15) is 10.2 Å². The van der Waals surface area contributed by atoms with E-state index in [1.54, 1.807) is 15.8 Å². The number of carbonyl (C=O) groups is 1. The van der Waals surface area contributed by atoms with Gasteiger partial charge in [0.05, 0.1) is 41.8 Å². The number of aromatic nitrogens is 5. The number of aryl methyl sites for hydroxylation is 1. The highest BCUT2D eigenvalue weighted by Crippen LogP contribution is 2.47. The number of rotatable bonds is 7. The minimum Gasteiger partial charge on any atom is -0.490 e. The third-order valence-electron chi connectivity index (χ3n) is 7.13. The van der Waals surface area contributed by atoms with Crippen LogP contribution in [0, 0.1) is 11.6 Å². The summed E-state index contributed by atoms with van der Waals surface area (Å²) in [5.74, 6) is -1.87. The molecule has 1 aliphatic rings. The Balaban J connectivity index is 1.64. The van der Waals surface area contributed by atoms with Crippen LogP contribution in [-0.4, -0.2) is 59.7 Å². The average Bonchev–Trinajstić information content (AvgIpc) is 3.70. The van der Waals surface area contributed by atoms with E-state index in [1.165, 1.54) is 24.3 Å². The summed E-state index contributed by atoms with van der Waals surface area (Å²) in [5, 5.41) is 21.7. The minimum atomic E-state index is -0.862. The Morgan fingerprint density at radius 2 is 2.10 bits per heavy atom. The fourth-order valence-electron chi connectivity index (χ4n) is 5.32. The number of ether oxygens (including phenoxy) is 1. The summed E-state index contributed by atoms with van der Waals surface area (Å²) in [4.78, 5) is 19.2. The van der Waals surface area contributed by atoms with Crippen molar-refractivity contribution in [1.82, 2.24) is 29.4 Å². The van der Waals surface area contributed by atoms with Gasteiger partial charge in [-0.3, -0.25) is 14.2 Å². The molecule has 4 aromatic heterocycles. The largest absolute Gasteiger partial charge is 0.490 e. The monoisotopic (exact) mass is 590 g/mol. The Bertz CT molecular complexity index is 1840. The topological polar surface area (TPSA) is 98.3 Å². The smallest absolute Gasteiger partial charge is 0.246 e. The SMILES string of the molecule is C=CC(=O)N1Cc2cc(-c3nc(-c4cnn(C)c4)c4ccsc4c3-c3c(F)cc(F)cc3OCC(C)O)nn2C(C)C1. The number of fused-ring (bicyclic) bond motifs is 2. The number of carbonyl (C=O) groups excluding carboxylic acids is 1. The number of nitrogens with zero attached hydrogens (tertiary/aromatic N) is 6. The zero-order valence-corrected chi connectivity index (χ0v) is 24.0. The van der Waals surface area contributed by atoms with Crippen LogP contribution in [0.5, 0.6) is 5.75 Å². The maximum atomic E-state index is 15.8. The lowest BCUT2D eigenvalue weighted by Crippen LogP contribution is -2.39. The summed E-state index contributed by atoms with van der Waals surface area (Å²) in [7, 11) is 1.81. The van der Waals surface area contributed by atoms with E-state index in [4.69, 9.17) is 14.8 Å². The summed E-state index contributed by atoms with van der Waals surface area (Å²) in [5.41, 5.74) is 3.43. The van der Waals surface area contributed by atoms with Gasteiger partial charge in [-0.25, -0.2) is 13.8 Å². The van der Waals surface area contributed by atoms with E-state index in [0.717, 1.165) is 28.8 Å². The van der Waals surface area contributed by atoms with Crippen molar-refractivity contribution < 1.29 is 23.4 Å². The number of benzene rings is 1. The van der Waals surface area contributed by atoms with Crippen LogP contribution in [0.1, 0.15) is 25.6 Å². The van der Waals surface area contributed by atoms with Gasteiger partial charge in [-0.05, 0) is 37.4 Å². The van der Waals surface area contributed by atoms with Crippen molar-refractivity contribution in [2.75, 3.05) is 13.2 Å². The molecule has 1 amide bonds. The van der Waals surface area contributed by atoms with Gasteiger partial charge in [-0.15, -0.1) is 11.3 Å². The van der Waals surface area contributed by atoms with Crippen LogP contribution in [0.25, 0.3) is 43.9 Å². The number of hydrogen-bond donors (Lipinski definition) is 1. The van der Waals surface area contributed by atoms with E-state index in [1.807, 2.05) is 42.4 Å². The number of thiophene rings is 1. The van der Waals surface area contributed by atoms with Gasteiger partial charge in [0.1, 0.15) is 35.4 Å². The highest BCUT2D eigenvalue weighted by molar-refractivity contribution is 7.18. The van der Waals surface area contributed by atoms with Gasteiger partial charge >= 0.3 is 0 Å². The fourth-order valence-corrected chi connectivity index (χ4v) is 6.27. The molecule has 5 heterocycles. The normalized spacial score (nSPS) is 15.6. The average molecular weight is 591 g/mol. The summed E-state index contributed by atoms with van der Waals surface area (Å²) in [6.45, 7) is 7.71. The van der Waals surface area contributed by atoms with E-state index < -0.39 is 17.7 Å². The first-order valence-electron chi connectivity index (χ1n) is 13.3. The molecule has 0 fully saturated rings. The van der Waals surface area contributed by atoms with Crippen molar-refractivity contribution in [3.05, 3.63) is 72.0 Å². The number of halogens is 2. The highest BCUT2D eigenvalue weighted by Gasteiger charge is 2.30. The third kappa shape index (κ3) is 4.86. The number of pyridine rings is 1. The molecule has 0 aliphatic carbocycles. The molecule has 2 unspecified atom stereocenters. The van der Waals surface area contributed by atoms with Gasteiger partial charge < -0.3 is 14.7 Å². The Hall–Kier alpha value is -4.42. The molecular weight excluding hydrogens is 562 g/mol. The van der Waals surface area contributed by atoms with Gasteiger partial charge in [0.15, 0.2) is 0 Å². The molecule has 9 nitrogen and oxygen atoms in total. The second kappa shape index (κ2) is 10.8. The van der Waals surface area contributed by atoms with Crippen molar-refractivity contribution in [3.8, 4) is 39.5 Å². The first kappa shape index (κ1) is 27.7. The number of amides is 1. The van der Waals surface area contributed by atoms with E-state index in [2.05, 4.69) is 11.7 Å². The van der Waals surface area contributed by atoms with E-state index >= 15 is 4.39 Å². The minimum absolute atomic E-state index is 0.0206. The predicted octanol–water partition coefficient (Wildman–Crippen LogP) is 5.35. The van der Waals surface area contributed by atoms with Gasteiger partial charge in [0, 0.05) is 53.1 Å². The Morgan fingerprint density at radius 1 is 1.29 bits per heavy atom.